The minimum atomic E-state index is -0.0922. The van der Waals surface area contributed by atoms with Crippen LogP contribution in [0.5, 0.6) is 0 Å². The van der Waals surface area contributed by atoms with E-state index in [1.54, 1.807) is 12.4 Å². The molecule has 2 aliphatic heterocycles. The van der Waals surface area contributed by atoms with E-state index in [-0.39, 0.29) is 24.5 Å². The SMILES string of the molecule is COCC(=O)N1CCCCC1c1nnc2n1CCN(C(=O)c1cnccc1C)CC2. The summed E-state index contributed by atoms with van der Waals surface area (Å²) in [5.74, 6) is 1.67. The lowest BCUT2D eigenvalue weighted by atomic mass is 10.0. The van der Waals surface area contributed by atoms with Crippen molar-refractivity contribution in [2.24, 2.45) is 0 Å². The highest BCUT2D eigenvalue weighted by atomic mass is 16.5. The number of pyridine rings is 1. The summed E-state index contributed by atoms with van der Waals surface area (Å²) in [5, 5.41) is 8.87. The summed E-state index contributed by atoms with van der Waals surface area (Å²) in [6, 6.07) is 1.76. The Morgan fingerprint density at radius 2 is 2.03 bits per heavy atom. The van der Waals surface area contributed by atoms with E-state index < -0.39 is 0 Å². The number of amides is 2. The van der Waals surface area contributed by atoms with Crippen molar-refractivity contribution in [3.05, 3.63) is 41.2 Å². The van der Waals surface area contributed by atoms with E-state index in [2.05, 4.69) is 19.7 Å². The average molecular weight is 412 g/mol. The predicted molar refractivity (Wildman–Crippen MR) is 109 cm³/mol. The minimum Gasteiger partial charge on any atom is -0.375 e. The third-order valence-corrected chi connectivity index (χ3v) is 6.00. The molecule has 0 spiro atoms. The van der Waals surface area contributed by atoms with Crippen molar-refractivity contribution in [1.29, 1.82) is 0 Å². The first-order valence-corrected chi connectivity index (χ1v) is 10.5. The molecule has 1 saturated heterocycles. The Bertz CT molecular complexity index is 927. The van der Waals surface area contributed by atoms with Gasteiger partial charge < -0.3 is 19.1 Å². The Morgan fingerprint density at radius 3 is 2.83 bits per heavy atom. The molecule has 1 atom stereocenters. The number of rotatable bonds is 4. The molecule has 1 unspecified atom stereocenters. The summed E-state index contributed by atoms with van der Waals surface area (Å²) < 4.78 is 7.17. The fourth-order valence-corrected chi connectivity index (χ4v) is 4.36. The zero-order valence-corrected chi connectivity index (χ0v) is 17.6. The number of fused-ring (bicyclic) bond motifs is 1. The van der Waals surface area contributed by atoms with Crippen LogP contribution >= 0.6 is 0 Å². The molecular formula is C21H28N6O3. The summed E-state index contributed by atoms with van der Waals surface area (Å²) in [4.78, 5) is 33.4. The highest BCUT2D eigenvalue weighted by Gasteiger charge is 2.33. The van der Waals surface area contributed by atoms with Gasteiger partial charge in [-0.05, 0) is 37.8 Å². The van der Waals surface area contributed by atoms with Crippen LogP contribution in [0.4, 0.5) is 0 Å². The van der Waals surface area contributed by atoms with Crippen LogP contribution in [0.25, 0.3) is 0 Å². The first kappa shape index (κ1) is 20.5. The number of nitrogens with zero attached hydrogens (tertiary/aromatic N) is 6. The highest BCUT2D eigenvalue weighted by molar-refractivity contribution is 5.95. The normalized spacial score (nSPS) is 19.3. The maximum Gasteiger partial charge on any atom is 0.255 e. The summed E-state index contributed by atoms with van der Waals surface area (Å²) in [5.41, 5.74) is 1.56. The number of hydrogen-bond donors (Lipinski definition) is 0. The predicted octanol–water partition coefficient (Wildman–Crippen LogP) is 1.38. The lowest BCUT2D eigenvalue weighted by Crippen LogP contribution is -2.41. The molecule has 1 fully saturated rings. The van der Waals surface area contributed by atoms with Gasteiger partial charge in [0.2, 0.25) is 5.91 Å². The van der Waals surface area contributed by atoms with Crippen molar-refractivity contribution >= 4 is 11.8 Å². The third-order valence-electron chi connectivity index (χ3n) is 6.00. The van der Waals surface area contributed by atoms with Gasteiger partial charge in [-0.2, -0.15) is 0 Å². The van der Waals surface area contributed by atoms with Gasteiger partial charge in [0.1, 0.15) is 12.4 Å². The van der Waals surface area contributed by atoms with Gasteiger partial charge in [-0.1, -0.05) is 0 Å². The fraction of sp³-hybridized carbons (Fsp3) is 0.571. The van der Waals surface area contributed by atoms with Gasteiger partial charge in [-0.25, -0.2) is 0 Å². The second-order valence-corrected chi connectivity index (χ2v) is 7.89. The van der Waals surface area contributed by atoms with Gasteiger partial charge in [-0.15, -0.1) is 10.2 Å². The van der Waals surface area contributed by atoms with Crippen molar-refractivity contribution in [3.8, 4) is 0 Å². The van der Waals surface area contributed by atoms with E-state index in [1.165, 1.54) is 7.11 Å². The Hall–Kier alpha value is -2.81. The van der Waals surface area contributed by atoms with Crippen LogP contribution in [-0.2, 0) is 22.5 Å². The topological polar surface area (TPSA) is 93.5 Å². The molecule has 30 heavy (non-hydrogen) atoms. The number of aromatic nitrogens is 4. The van der Waals surface area contributed by atoms with Crippen LogP contribution in [0.1, 0.15) is 52.9 Å². The maximum absolute atomic E-state index is 13.0. The van der Waals surface area contributed by atoms with Crippen molar-refractivity contribution in [2.45, 2.75) is 45.2 Å². The molecule has 2 aromatic rings. The van der Waals surface area contributed by atoms with E-state index in [0.717, 1.165) is 36.5 Å². The molecule has 2 aliphatic rings. The van der Waals surface area contributed by atoms with Crippen LogP contribution in [0.2, 0.25) is 0 Å². The largest absolute Gasteiger partial charge is 0.375 e. The number of hydrogen-bond acceptors (Lipinski definition) is 6. The van der Waals surface area contributed by atoms with Gasteiger partial charge in [0.15, 0.2) is 5.82 Å². The molecule has 0 aromatic carbocycles. The zero-order chi connectivity index (χ0) is 21.1. The molecule has 0 radical (unpaired) electrons. The molecule has 9 nitrogen and oxygen atoms in total. The highest BCUT2D eigenvalue weighted by Crippen LogP contribution is 2.31. The van der Waals surface area contributed by atoms with Gasteiger partial charge in [0.05, 0.1) is 11.6 Å². The summed E-state index contributed by atoms with van der Waals surface area (Å²) in [7, 11) is 1.54. The summed E-state index contributed by atoms with van der Waals surface area (Å²) in [6.07, 6.45) is 6.87. The second kappa shape index (κ2) is 8.91. The van der Waals surface area contributed by atoms with E-state index in [9.17, 15) is 9.59 Å². The van der Waals surface area contributed by atoms with Crippen molar-refractivity contribution in [3.63, 3.8) is 0 Å². The van der Waals surface area contributed by atoms with E-state index >= 15 is 0 Å². The van der Waals surface area contributed by atoms with Crippen LogP contribution < -0.4 is 0 Å². The molecule has 9 heteroatoms. The molecular weight excluding hydrogens is 384 g/mol. The molecule has 0 aliphatic carbocycles. The van der Waals surface area contributed by atoms with Gasteiger partial charge in [0, 0.05) is 52.1 Å². The Balaban J connectivity index is 1.53. The fourth-order valence-electron chi connectivity index (χ4n) is 4.36. The summed E-state index contributed by atoms with van der Waals surface area (Å²) >= 11 is 0. The Morgan fingerprint density at radius 1 is 1.17 bits per heavy atom. The molecule has 2 aromatic heterocycles. The molecule has 4 rings (SSSR count). The Kier molecular flexibility index (Phi) is 6.08. The Labute approximate surface area is 176 Å². The number of carbonyl (C=O) groups excluding carboxylic acids is 2. The van der Waals surface area contributed by atoms with E-state index in [1.807, 2.05) is 22.8 Å². The zero-order valence-electron chi connectivity index (χ0n) is 17.6. The van der Waals surface area contributed by atoms with Gasteiger partial charge in [0.25, 0.3) is 5.91 Å². The van der Waals surface area contributed by atoms with Crippen molar-refractivity contribution in [2.75, 3.05) is 33.4 Å². The number of aryl methyl sites for hydroxylation is 1. The monoisotopic (exact) mass is 412 g/mol. The minimum absolute atomic E-state index is 0.00423. The van der Waals surface area contributed by atoms with Crippen LogP contribution in [0, 0.1) is 6.92 Å². The van der Waals surface area contributed by atoms with Crippen LogP contribution in [0.15, 0.2) is 18.5 Å². The lowest BCUT2D eigenvalue weighted by molar-refractivity contribution is -0.139. The average Bonchev–Trinajstić information content (AvgIpc) is 3.04. The third kappa shape index (κ3) is 3.94. The van der Waals surface area contributed by atoms with Gasteiger partial charge in [-0.3, -0.25) is 14.6 Å². The first-order chi connectivity index (χ1) is 14.6. The number of likely N-dealkylation sites (tertiary alicyclic amines) is 1. The van der Waals surface area contributed by atoms with Gasteiger partial charge >= 0.3 is 0 Å². The van der Waals surface area contributed by atoms with Crippen molar-refractivity contribution in [1.82, 2.24) is 29.5 Å². The quantitative estimate of drug-likeness (QED) is 0.753. The molecule has 160 valence electrons. The second-order valence-electron chi connectivity index (χ2n) is 7.89. The number of ether oxygens (including phenoxy) is 1. The molecule has 4 heterocycles. The smallest absolute Gasteiger partial charge is 0.255 e. The standard InChI is InChI=1S/C21H28N6O3/c1-15-6-8-22-13-16(15)21(29)25-10-7-18-23-24-20(27(18)12-11-25)17-5-3-4-9-26(17)19(28)14-30-2/h6,8,13,17H,3-5,7,9-12,14H2,1-2H3. The molecule has 0 saturated carbocycles. The number of carbonyl (C=O) groups is 2. The number of methoxy groups -OCH3 is 1. The van der Waals surface area contributed by atoms with Crippen LogP contribution in [0.3, 0.4) is 0 Å². The van der Waals surface area contributed by atoms with E-state index in [4.69, 9.17) is 4.74 Å². The maximum atomic E-state index is 13.0. The number of piperidine rings is 1. The lowest BCUT2D eigenvalue weighted by Gasteiger charge is -2.35. The molecule has 0 bridgehead atoms. The summed E-state index contributed by atoms with van der Waals surface area (Å²) in [6.45, 7) is 4.48. The molecule has 0 N–H and O–H groups in total. The van der Waals surface area contributed by atoms with E-state index in [0.29, 0.717) is 38.2 Å². The first-order valence-electron chi connectivity index (χ1n) is 10.5. The van der Waals surface area contributed by atoms with Crippen molar-refractivity contribution < 1.29 is 14.3 Å². The molecule has 2 amide bonds. The van der Waals surface area contributed by atoms with Crippen LogP contribution in [-0.4, -0.2) is 74.7 Å².